The summed E-state index contributed by atoms with van der Waals surface area (Å²) in [5, 5.41) is 1.38. The third-order valence-electron chi connectivity index (χ3n) is 3.47. The normalized spacial score (nSPS) is 10.8. The van der Waals surface area contributed by atoms with Crippen LogP contribution in [0.2, 0.25) is 5.15 Å². The summed E-state index contributed by atoms with van der Waals surface area (Å²) in [4.78, 5) is 9.02. The van der Waals surface area contributed by atoms with Crippen LogP contribution in [0.3, 0.4) is 0 Å². The number of hydrogen-bond acceptors (Lipinski definition) is 3. The molecule has 3 rings (SSSR count). The monoisotopic (exact) mass is 298 g/mol. The molecule has 0 bridgehead atoms. The molecule has 4 heteroatoms. The molecule has 2 aromatic carbocycles. The van der Waals surface area contributed by atoms with Crippen molar-refractivity contribution in [3.63, 3.8) is 0 Å². The van der Waals surface area contributed by atoms with Gasteiger partial charge in [0.2, 0.25) is 0 Å². The third-order valence-corrected chi connectivity index (χ3v) is 3.76. The smallest absolute Gasteiger partial charge is 0.161 e. The zero-order chi connectivity index (χ0) is 14.8. The van der Waals surface area contributed by atoms with Crippen molar-refractivity contribution in [1.29, 1.82) is 0 Å². The van der Waals surface area contributed by atoms with Crippen LogP contribution in [0.5, 0.6) is 5.75 Å². The standard InChI is InChI=1S/C17H15ClN2O/c1-3-11-4-9-15-14(10-11)16(18)20-17(19-15)12-5-7-13(21-2)8-6-12/h4-10H,3H2,1-2H3. The van der Waals surface area contributed by atoms with Gasteiger partial charge in [-0.2, -0.15) is 0 Å². The van der Waals surface area contributed by atoms with Gasteiger partial charge in [0.15, 0.2) is 5.82 Å². The van der Waals surface area contributed by atoms with Gasteiger partial charge in [-0.3, -0.25) is 0 Å². The highest BCUT2D eigenvalue weighted by Crippen LogP contribution is 2.26. The maximum absolute atomic E-state index is 6.32. The Morgan fingerprint density at radius 2 is 1.81 bits per heavy atom. The quantitative estimate of drug-likeness (QED) is 0.667. The lowest BCUT2D eigenvalue weighted by Crippen LogP contribution is -1.93. The van der Waals surface area contributed by atoms with Crippen molar-refractivity contribution < 1.29 is 4.74 Å². The van der Waals surface area contributed by atoms with Crippen molar-refractivity contribution >= 4 is 22.5 Å². The maximum atomic E-state index is 6.32. The van der Waals surface area contributed by atoms with E-state index in [4.69, 9.17) is 16.3 Å². The van der Waals surface area contributed by atoms with Crippen LogP contribution in [0.1, 0.15) is 12.5 Å². The molecular weight excluding hydrogens is 284 g/mol. The van der Waals surface area contributed by atoms with Gasteiger partial charge < -0.3 is 4.74 Å². The van der Waals surface area contributed by atoms with E-state index >= 15 is 0 Å². The average Bonchev–Trinajstić information content (AvgIpc) is 2.54. The number of fused-ring (bicyclic) bond motifs is 1. The first-order chi connectivity index (χ1) is 10.2. The van der Waals surface area contributed by atoms with Gasteiger partial charge in [0.25, 0.3) is 0 Å². The van der Waals surface area contributed by atoms with Crippen molar-refractivity contribution in [1.82, 2.24) is 9.97 Å². The van der Waals surface area contributed by atoms with Crippen molar-refractivity contribution in [3.8, 4) is 17.1 Å². The summed E-state index contributed by atoms with van der Waals surface area (Å²) in [7, 11) is 1.64. The fourth-order valence-electron chi connectivity index (χ4n) is 2.23. The predicted octanol–water partition coefficient (Wildman–Crippen LogP) is 4.52. The lowest BCUT2D eigenvalue weighted by atomic mass is 10.1. The number of benzene rings is 2. The van der Waals surface area contributed by atoms with Crippen molar-refractivity contribution in [2.45, 2.75) is 13.3 Å². The molecule has 0 aliphatic heterocycles. The number of aryl methyl sites for hydroxylation is 1. The van der Waals surface area contributed by atoms with E-state index in [1.54, 1.807) is 7.11 Å². The summed E-state index contributed by atoms with van der Waals surface area (Å²) in [5.74, 6) is 1.43. The third kappa shape index (κ3) is 2.69. The summed E-state index contributed by atoms with van der Waals surface area (Å²) < 4.78 is 5.16. The molecule has 0 saturated heterocycles. The van der Waals surface area contributed by atoms with Crippen LogP contribution in [0.25, 0.3) is 22.3 Å². The molecule has 106 valence electrons. The van der Waals surface area contributed by atoms with Crippen LogP contribution in [0, 0.1) is 0 Å². The van der Waals surface area contributed by atoms with Gasteiger partial charge in [-0.1, -0.05) is 24.6 Å². The molecule has 0 saturated carbocycles. The Hall–Kier alpha value is -2.13. The Morgan fingerprint density at radius 3 is 2.48 bits per heavy atom. The van der Waals surface area contributed by atoms with Crippen LogP contribution in [-0.2, 0) is 6.42 Å². The topological polar surface area (TPSA) is 35.0 Å². The number of nitrogens with zero attached hydrogens (tertiary/aromatic N) is 2. The van der Waals surface area contributed by atoms with Crippen molar-refractivity contribution in [2.24, 2.45) is 0 Å². The molecule has 0 radical (unpaired) electrons. The average molecular weight is 299 g/mol. The van der Waals surface area contributed by atoms with E-state index in [0.29, 0.717) is 11.0 Å². The minimum atomic E-state index is 0.487. The summed E-state index contributed by atoms with van der Waals surface area (Å²) in [5.41, 5.74) is 3.00. The van der Waals surface area contributed by atoms with E-state index in [1.807, 2.05) is 30.3 Å². The SMILES string of the molecule is CCc1ccc2nc(-c3ccc(OC)cc3)nc(Cl)c2c1. The molecule has 0 aliphatic rings. The van der Waals surface area contributed by atoms with Gasteiger partial charge in [0.05, 0.1) is 12.6 Å². The van der Waals surface area contributed by atoms with Crippen LogP contribution in [0.15, 0.2) is 42.5 Å². The second-order valence-corrected chi connectivity index (χ2v) is 5.13. The van der Waals surface area contributed by atoms with E-state index < -0.39 is 0 Å². The molecule has 0 spiro atoms. The van der Waals surface area contributed by atoms with Crippen molar-refractivity contribution in [3.05, 3.63) is 53.2 Å². The molecule has 1 aromatic heterocycles. The highest BCUT2D eigenvalue weighted by Gasteiger charge is 2.08. The molecular formula is C17H15ClN2O. The summed E-state index contributed by atoms with van der Waals surface area (Å²) >= 11 is 6.32. The Kier molecular flexibility index (Phi) is 3.76. The van der Waals surface area contributed by atoms with E-state index in [-0.39, 0.29) is 0 Å². The lowest BCUT2D eigenvalue weighted by Gasteiger charge is -2.07. The zero-order valence-corrected chi connectivity index (χ0v) is 12.7. The highest BCUT2D eigenvalue weighted by molar-refractivity contribution is 6.34. The number of hydrogen-bond donors (Lipinski definition) is 0. The number of rotatable bonds is 3. The predicted molar refractivity (Wildman–Crippen MR) is 85.9 cm³/mol. The summed E-state index contributed by atoms with van der Waals surface area (Å²) in [6.45, 7) is 2.11. The Labute approximate surface area is 128 Å². The van der Waals surface area contributed by atoms with Gasteiger partial charge in [-0.15, -0.1) is 0 Å². The second-order valence-electron chi connectivity index (χ2n) is 4.77. The molecule has 0 unspecified atom stereocenters. The van der Waals surface area contributed by atoms with Crippen molar-refractivity contribution in [2.75, 3.05) is 7.11 Å². The largest absolute Gasteiger partial charge is 0.497 e. The number of methoxy groups -OCH3 is 1. The van der Waals surface area contributed by atoms with E-state index in [9.17, 15) is 0 Å². The first-order valence-corrected chi connectivity index (χ1v) is 7.19. The Balaban J connectivity index is 2.11. The van der Waals surface area contributed by atoms with E-state index in [2.05, 4.69) is 29.0 Å². The molecule has 0 aliphatic carbocycles. The van der Waals surface area contributed by atoms with Crippen LogP contribution >= 0.6 is 11.6 Å². The fourth-order valence-corrected chi connectivity index (χ4v) is 2.46. The van der Waals surface area contributed by atoms with Gasteiger partial charge in [-0.25, -0.2) is 9.97 Å². The van der Waals surface area contributed by atoms with Gasteiger partial charge in [0, 0.05) is 10.9 Å². The molecule has 1 heterocycles. The summed E-state index contributed by atoms with van der Waals surface area (Å²) in [6, 6.07) is 13.7. The van der Waals surface area contributed by atoms with Crippen LogP contribution in [-0.4, -0.2) is 17.1 Å². The van der Waals surface area contributed by atoms with Crippen LogP contribution < -0.4 is 4.74 Å². The molecule has 3 aromatic rings. The maximum Gasteiger partial charge on any atom is 0.161 e. The summed E-state index contributed by atoms with van der Waals surface area (Å²) in [6.07, 6.45) is 0.965. The Bertz CT molecular complexity index is 785. The van der Waals surface area contributed by atoms with E-state index in [0.717, 1.165) is 28.6 Å². The van der Waals surface area contributed by atoms with Gasteiger partial charge >= 0.3 is 0 Å². The second kappa shape index (κ2) is 5.70. The Morgan fingerprint density at radius 1 is 1.05 bits per heavy atom. The van der Waals surface area contributed by atoms with Gasteiger partial charge in [-0.05, 0) is 48.4 Å². The molecule has 0 N–H and O–H groups in total. The van der Waals surface area contributed by atoms with Crippen LogP contribution in [0.4, 0.5) is 0 Å². The molecule has 0 atom stereocenters. The van der Waals surface area contributed by atoms with Gasteiger partial charge in [0.1, 0.15) is 10.9 Å². The minimum absolute atomic E-state index is 0.487. The molecule has 0 fully saturated rings. The number of halogens is 1. The molecule has 3 nitrogen and oxygen atoms in total. The lowest BCUT2D eigenvalue weighted by molar-refractivity contribution is 0.415. The first-order valence-electron chi connectivity index (χ1n) is 6.82. The fraction of sp³-hybridized carbons (Fsp3) is 0.176. The van der Waals surface area contributed by atoms with E-state index in [1.165, 1.54) is 5.56 Å². The zero-order valence-electron chi connectivity index (χ0n) is 11.9. The highest BCUT2D eigenvalue weighted by atomic mass is 35.5. The minimum Gasteiger partial charge on any atom is -0.497 e. The first kappa shape index (κ1) is 13.8. The molecule has 21 heavy (non-hydrogen) atoms. The number of ether oxygens (including phenoxy) is 1. The number of aromatic nitrogens is 2. The molecule has 0 amide bonds.